The first-order valence-corrected chi connectivity index (χ1v) is 8.80. The molecule has 3 heterocycles. The average Bonchev–Trinajstić information content (AvgIpc) is 2.60. The highest BCUT2D eigenvalue weighted by Gasteiger charge is 2.20. The summed E-state index contributed by atoms with van der Waals surface area (Å²) in [6.07, 6.45) is 3.24. The molecule has 1 aliphatic heterocycles. The van der Waals surface area contributed by atoms with E-state index in [0.717, 1.165) is 30.7 Å². The summed E-state index contributed by atoms with van der Waals surface area (Å²) in [6, 6.07) is 5.15. The minimum atomic E-state index is -0.150. The second-order valence-corrected chi connectivity index (χ2v) is 7.06. The normalized spacial score (nSPS) is 15.2. The molecule has 0 radical (unpaired) electrons. The second-order valence-electron chi connectivity index (χ2n) is 6.14. The third-order valence-corrected chi connectivity index (χ3v) is 4.65. The molecule has 25 heavy (non-hydrogen) atoms. The number of halogens is 1. The lowest BCUT2D eigenvalue weighted by atomic mass is 10.2. The largest absolute Gasteiger partial charge is 0.336 e. The summed E-state index contributed by atoms with van der Waals surface area (Å²) in [5.74, 6) is 0.510. The van der Waals surface area contributed by atoms with Crippen molar-refractivity contribution in [2.45, 2.75) is 0 Å². The number of likely N-dealkylation sites (N-methyl/N-ethyl adjacent to an activating group) is 1. The van der Waals surface area contributed by atoms with Gasteiger partial charge in [0.25, 0.3) is 11.5 Å². The highest BCUT2D eigenvalue weighted by atomic mass is 79.9. The van der Waals surface area contributed by atoms with Crippen LogP contribution in [0, 0.1) is 0 Å². The SMILES string of the molecule is CN1CCN(C(=O)c2ccc(Nc3cc(Br)cn(C)c3=O)nc2)CC1. The van der Waals surface area contributed by atoms with Gasteiger partial charge in [-0.05, 0) is 41.2 Å². The molecule has 1 N–H and O–H groups in total. The Morgan fingerprint density at radius 3 is 2.56 bits per heavy atom. The topological polar surface area (TPSA) is 70.5 Å². The summed E-state index contributed by atoms with van der Waals surface area (Å²) in [6.45, 7) is 3.21. The zero-order valence-electron chi connectivity index (χ0n) is 14.2. The molecule has 1 amide bonds. The number of carbonyl (C=O) groups is 1. The molecule has 2 aromatic rings. The summed E-state index contributed by atoms with van der Waals surface area (Å²) < 4.78 is 2.27. The predicted molar refractivity (Wildman–Crippen MR) is 100 cm³/mol. The fourth-order valence-corrected chi connectivity index (χ4v) is 3.22. The van der Waals surface area contributed by atoms with E-state index in [9.17, 15) is 9.59 Å². The summed E-state index contributed by atoms with van der Waals surface area (Å²) in [7, 11) is 3.74. The molecule has 132 valence electrons. The first kappa shape index (κ1) is 17.6. The van der Waals surface area contributed by atoms with Crippen molar-refractivity contribution in [2.75, 3.05) is 38.5 Å². The van der Waals surface area contributed by atoms with E-state index in [1.807, 2.05) is 4.90 Å². The van der Waals surface area contributed by atoms with Crippen LogP contribution < -0.4 is 10.9 Å². The van der Waals surface area contributed by atoms with E-state index >= 15 is 0 Å². The van der Waals surface area contributed by atoms with E-state index < -0.39 is 0 Å². The lowest BCUT2D eigenvalue weighted by Gasteiger charge is -2.32. The molecule has 0 unspecified atom stereocenters. The highest BCUT2D eigenvalue weighted by Crippen LogP contribution is 2.16. The number of anilines is 2. The Hall–Kier alpha value is -2.19. The van der Waals surface area contributed by atoms with Gasteiger partial charge in [-0.15, -0.1) is 0 Å². The number of hydrogen-bond donors (Lipinski definition) is 1. The van der Waals surface area contributed by atoms with E-state index in [1.165, 1.54) is 4.57 Å². The molecule has 0 saturated carbocycles. The molecule has 0 bridgehead atoms. The third-order valence-electron chi connectivity index (χ3n) is 4.21. The summed E-state index contributed by atoms with van der Waals surface area (Å²) >= 11 is 3.37. The van der Waals surface area contributed by atoms with Gasteiger partial charge >= 0.3 is 0 Å². The Balaban J connectivity index is 1.72. The van der Waals surface area contributed by atoms with E-state index in [4.69, 9.17) is 0 Å². The van der Waals surface area contributed by atoms with Crippen molar-refractivity contribution in [3.05, 3.63) is 51.0 Å². The second kappa shape index (κ2) is 7.37. The Morgan fingerprint density at radius 2 is 1.92 bits per heavy atom. The molecule has 0 aliphatic carbocycles. The summed E-state index contributed by atoms with van der Waals surface area (Å²) in [5.41, 5.74) is 0.822. The maximum Gasteiger partial charge on any atom is 0.274 e. The van der Waals surface area contributed by atoms with Crippen LogP contribution in [-0.4, -0.2) is 58.5 Å². The van der Waals surface area contributed by atoms with Gasteiger partial charge < -0.3 is 19.7 Å². The number of rotatable bonds is 3. The molecule has 0 spiro atoms. The molecular weight excluding hydrogens is 386 g/mol. The van der Waals surface area contributed by atoms with E-state index in [1.54, 1.807) is 37.6 Å². The van der Waals surface area contributed by atoms with Gasteiger partial charge in [-0.25, -0.2) is 4.98 Å². The van der Waals surface area contributed by atoms with Crippen LogP contribution in [-0.2, 0) is 7.05 Å². The van der Waals surface area contributed by atoms with Crippen molar-refractivity contribution < 1.29 is 4.79 Å². The van der Waals surface area contributed by atoms with Crippen molar-refractivity contribution in [1.29, 1.82) is 0 Å². The third kappa shape index (κ3) is 4.08. The van der Waals surface area contributed by atoms with Crippen LogP contribution in [0.15, 0.2) is 39.9 Å². The van der Waals surface area contributed by atoms with Gasteiger partial charge in [0.05, 0.1) is 5.56 Å². The van der Waals surface area contributed by atoms with E-state index in [-0.39, 0.29) is 11.5 Å². The Morgan fingerprint density at radius 1 is 1.20 bits per heavy atom. The van der Waals surface area contributed by atoms with Crippen molar-refractivity contribution in [3.63, 3.8) is 0 Å². The first-order valence-electron chi connectivity index (χ1n) is 8.01. The van der Waals surface area contributed by atoms with Crippen molar-refractivity contribution in [2.24, 2.45) is 7.05 Å². The van der Waals surface area contributed by atoms with Gasteiger partial charge in [-0.3, -0.25) is 9.59 Å². The molecule has 1 fully saturated rings. The fourth-order valence-electron chi connectivity index (χ4n) is 2.68. The number of amides is 1. The van der Waals surface area contributed by atoms with Gasteiger partial charge in [0.15, 0.2) is 0 Å². The first-order chi connectivity index (χ1) is 11.9. The van der Waals surface area contributed by atoms with E-state index in [2.05, 4.69) is 38.2 Å². The molecule has 1 aliphatic rings. The smallest absolute Gasteiger partial charge is 0.274 e. The Kier molecular flexibility index (Phi) is 5.19. The lowest BCUT2D eigenvalue weighted by Crippen LogP contribution is -2.47. The van der Waals surface area contributed by atoms with Crippen LogP contribution in [0.2, 0.25) is 0 Å². The highest BCUT2D eigenvalue weighted by molar-refractivity contribution is 9.10. The maximum absolute atomic E-state index is 12.5. The Labute approximate surface area is 154 Å². The van der Waals surface area contributed by atoms with Crippen LogP contribution in [0.3, 0.4) is 0 Å². The zero-order chi connectivity index (χ0) is 18.0. The number of piperazine rings is 1. The van der Waals surface area contributed by atoms with Crippen LogP contribution >= 0.6 is 15.9 Å². The van der Waals surface area contributed by atoms with Crippen LogP contribution in [0.1, 0.15) is 10.4 Å². The number of hydrogen-bond acceptors (Lipinski definition) is 5. The fraction of sp³-hybridized carbons (Fsp3) is 0.353. The molecule has 1 saturated heterocycles. The van der Waals surface area contributed by atoms with Gasteiger partial charge in [-0.2, -0.15) is 0 Å². The minimum Gasteiger partial charge on any atom is -0.336 e. The number of carbonyl (C=O) groups excluding carboxylic acids is 1. The zero-order valence-corrected chi connectivity index (χ0v) is 15.8. The molecular formula is C17H20BrN5O2. The monoisotopic (exact) mass is 405 g/mol. The van der Waals surface area contributed by atoms with Gasteiger partial charge in [0.1, 0.15) is 11.5 Å². The van der Waals surface area contributed by atoms with Gasteiger partial charge in [0.2, 0.25) is 0 Å². The lowest BCUT2D eigenvalue weighted by molar-refractivity contribution is 0.0663. The number of pyridine rings is 2. The molecule has 0 atom stereocenters. The number of aromatic nitrogens is 2. The van der Waals surface area contributed by atoms with Crippen LogP contribution in [0.5, 0.6) is 0 Å². The standard InChI is InChI=1S/C17H20BrN5O2/c1-21-5-7-23(8-6-21)16(24)12-3-4-15(19-10-12)20-14-9-13(18)11-22(2)17(14)25/h3-4,9-11H,5-8H2,1-2H3,(H,19,20). The Bertz CT molecular complexity index is 826. The van der Waals surface area contributed by atoms with E-state index in [0.29, 0.717) is 17.1 Å². The molecule has 3 rings (SSSR count). The van der Waals surface area contributed by atoms with Crippen molar-refractivity contribution in [1.82, 2.24) is 19.4 Å². The summed E-state index contributed by atoms with van der Waals surface area (Å²) in [5, 5.41) is 3.00. The summed E-state index contributed by atoms with van der Waals surface area (Å²) in [4.78, 5) is 32.9. The van der Waals surface area contributed by atoms with Crippen LogP contribution in [0.25, 0.3) is 0 Å². The van der Waals surface area contributed by atoms with Crippen molar-refractivity contribution >= 4 is 33.3 Å². The molecule has 2 aromatic heterocycles. The number of aryl methyl sites for hydroxylation is 1. The predicted octanol–water partition coefficient (Wildman–Crippen LogP) is 1.67. The van der Waals surface area contributed by atoms with Gasteiger partial charge in [0, 0.05) is 50.1 Å². The molecule has 8 heteroatoms. The maximum atomic E-state index is 12.5. The average molecular weight is 406 g/mol. The number of nitrogens with zero attached hydrogens (tertiary/aromatic N) is 4. The van der Waals surface area contributed by atoms with Crippen molar-refractivity contribution in [3.8, 4) is 0 Å². The molecule has 0 aromatic carbocycles. The minimum absolute atomic E-state index is 0.00878. The van der Waals surface area contributed by atoms with Gasteiger partial charge in [-0.1, -0.05) is 0 Å². The van der Waals surface area contributed by atoms with Crippen LogP contribution in [0.4, 0.5) is 11.5 Å². The number of nitrogens with one attached hydrogen (secondary N) is 1. The quantitative estimate of drug-likeness (QED) is 0.840. The molecule has 7 nitrogen and oxygen atoms in total.